The molecule has 3 aromatic carbocycles. The van der Waals surface area contributed by atoms with Crippen molar-refractivity contribution < 1.29 is 18.0 Å². The van der Waals surface area contributed by atoms with Gasteiger partial charge in [-0.3, -0.25) is 13.9 Å². The van der Waals surface area contributed by atoms with Crippen LogP contribution >= 0.6 is 15.9 Å². The van der Waals surface area contributed by atoms with Gasteiger partial charge < -0.3 is 10.2 Å². The lowest BCUT2D eigenvalue weighted by Gasteiger charge is -2.34. The van der Waals surface area contributed by atoms with Gasteiger partial charge in [-0.1, -0.05) is 82.2 Å². The van der Waals surface area contributed by atoms with Crippen LogP contribution < -0.4 is 9.62 Å². The van der Waals surface area contributed by atoms with E-state index in [0.717, 1.165) is 27.3 Å². The predicted octanol–water partition coefficient (Wildman–Crippen LogP) is 4.69. The van der Waals surface area contributed by atoms with Gasteiger partial charge >= 0.3 is 0 Å². The van der Waals surface area contributed by atoms with Crippen LogP contribution in [0.25, 0.3) is 0 Å². The van der Waals surface area contributed by atoms with E-state index in [-0.39, 0.29) is 24.9 Å². The van der Waals surface area contributed by atoms with E-state index in [9.17, 15) is 18.0 Å². The molecular weight excluding hydrogens is 566 g/mol. The highest BCUT2D eigenvalue weighted by Crippen LogP contribution is 2.23. The number of hydrogen-bond donors (Lipinski definition) is 1. The van der Waals surface area contributed by atoms with Gasteiger partial charge in [-0.25, -0.2) is 8.42 Å². The first kappa shape index (κ1) is 29.4. The first-order valence-electron chi connectivity index (χ1n) is 12.4. The van der Waals surface area contributed by atoms with E-state index in [1.54, 1.807) is 24.3 Å². The molecule has 202 valence electrons. The maximum Gasteiger partial charge on any atom is 0.244 e. The largest absolute Gasteiger partial charge is 0.352 e. The summed E-state index contributed by atoms with van der Waals surface area (Å²) >= 11 is 3.37. The average molecular weight is 601 g/mol. The van der Waals surface area contributed by atoms with Crippen LogP contribution in [0.2, 0.25) is 0 Å². The molecule has 0 radical (unpaired) electrons. The van der Waals surface area contributed by atoms with Gasteiger partial charge in [0, 0.05) is 23.5 Å². The van der Waals surface area contributed by atoms with Crippen molar-refractivity contribution in [1.29, 1.82) is 0 Å². The summed E-state index contributed by atoms with van der Waals surface area (Å²) in [5.41, 5.74) is 3.16. The molecule has 1 N–H and O–H groups in total. The second-order valence-corrected chi connectivity index (χ2v) is 12.4. The average Bonchev–Trinajstić information content (AvgIpc) is 2.85. The fourth-order valence-corrected chi connectivity index (χ4v) is 5.30. The second-order valence-electron chi connectivity index (χ2n) is 9.63. The number of anilines is 1. The molecule has 0 fully saturated rings. The van der Waals surface area contributed by atoms with Crippen molar-refractivity contribution in [2.75, 3.05) is 17.1 Å². The standard InChI is InChI=1S/C29H34BrN3O4S/c1-21(2)31-29(35)27(17-23-9-6-5-7-10-23)32(19-24-15-13-22(3)14-16-24)28(34)20-33(38(4,36)37)26-12-8-11-25(30)18-26/h5-16,18,21,27H,17,19-20H2,1-4H3,(H,31,35)/t27-/m1/s1. The lowest BCUT2D eigenvalue weighted by Crippen LogP contribution is -2.54. The minimum absolute atomic E-state index is 0.133. The number of hydrogen-bond acceptors (Lipinski definition) is 4. The minimum atomic E-state index is -3.80. The smallest absolute Gasteiger partial charge is 0.244 e. The Balaban J connectivity index is 2.05. The molecule has 0 spiro atoms. The molecule has 0 aliphatic carbocycles. The fourth-order valence-electron chi connectivity index (χ4n) is 4.07. The number of sulfonamides is 1. The fraction of sp³-hybridized carbons (Fsp3) is 0.310. The molecule has 0 heterocycles. The maximum atomic E-state index is 14.0. The summed E-state index contributed by atoms with van der Waals surface area (Å²) in [4.78, 5) is 29.0. The Morgan fingerprint density at radius 2 is 1.58 bits per heavy atom. The van der Waals surface area contributed by atoms with Crippen LogP contribution in [0.4, 0.5) is 5.69 Å². The summed E-state index contributed by atoms with van der Waals surface area (Å²) in [7, 11) is -3.80. The van der Waals surface area contributed by atoms with E-state index in [1.807, 2.05) is 75.4 Å². The molecule has 0 saturated heterocycles. The second kappa shape index (κ2) is 13.1. The molecule has 7 nitrogen and oxygen atoms in total. The Kier molecular flexibility index (Phi) is 10.1. The number of rotatable bonds is 11. The summed E-state index contributed by atoms with van der Waals surface area (Å²) < 4.78 is 27.4. The van der Waals surface area contributed by atoms with Crippen molar-refractivity contribution in [2.24, 2.45) is 0 Å². The van der Waals surface area contributed by atoms with Crippen molar-refractivity contribution in [2.45, 2.75) is 45.8 Å². The quantitative estimate of drug-likeness (QED) is 0.346. The molecule has 2 amide bonds. The van der Waals surface area contributed by atoms with Crippen LogP contribution in [0.15, 0.2) is 83.3 Å². The number of amides is 2. The monoisotopic (exact) mass is 599 g/mol. The summed E-state index contributed by atoms with van der Waals surface area (Å²) in [6.07, 6.45) is 1.35. The highest BCUT2D eigenvalue weighted by molar-refractivity contribution is 9.10. The van der Waals surface area contributed by atoms with Gasteiger partial charge in [-0.05, 0) is 50.1 Å². The zero-order chi connectivity index (χ0) is 27.9. The number of carbonyl (C=O) groups is 2. The molecule has 38 heavy (non-hydrogen) atoms. The summed E-state index contributed by atoms with van der Waals surface area (Å²) in [6, 6.07) is 23.0. The van der Waals surface area contributed by atoms with Crippen LogP contribution in [-0.4, -0.2) is 50.0 Å². The highest BCUT2D eigenvalue weighted by atomic mass is 79.9. The Labute approximate surface area is 234 Å². The van der Waals surface area contributed by atoms with Crippen molar-refractivity contribution in [1.82, 2.24) is 10.2 Å². The number of nitrogens with one attached hydrogen (secondary N) is 1. The van der Waals surface area contributed by atoms with Crippen molar-refractivity contribution in [3.63, 3.8) is 0 Å². The van der Waals surface area contributed by atoms with Crippen LogP contribution in [0, 0.1) is 6.92 Å². The van der Waals surface area contributed by atoms with E-state index >= 15 is 0 Å². The van der Waals surface area contributed by atoms with Crippen molar-refractivity contribution >= 4 is 43.5 Å². The number of halogens is 1. The van der Waals surface area contributed by atoms with Gasteiger partial charge in [-0.2, -0.15) is 0 Å². The van der Waals surface area contributed by atoms with Crippen LogP contribution in [0.1, 0.15) is 30.5 Å². The lowest BCUT2D eigenvalue weighted by atomic mass is 10.0. The van der Waals surface area contributed by atoms with Gasteiger partial charge in [0.25, 0.3) is 0 Å². The van der Waals surface area contributed by atoms with Gasteiger partial charge in [0.05, 0.1) is 11.9 Å². The van der Waals surface area contributed by atoms with Gasteiger partial charge in [0.15, 0.2) is 0 Å². The van der Waals surface area contributed by atoms with Crippen LogP contribution in [0.5, 0.6) is 0 Å². The SMILES string of the molecule is Cc1ccc(CN(C(=O)CN(c2cccc(Br)c2)S(C)(=O)=O)[C@H](Cc2ccccc2)C(=O)NC(C)C)cc1. The molecule has 3 rings (SSSR count). The van der Waals surface area contributed by atoms with Gasteiger partial charge in [0.1, 0.15) is 12.6 Å². The lowest BCUT2D eigenvalue weighted by molar-refractivity contribution is -0.140. The van der Waals surface area contributed by atoms with Crippen molar-refractivity contribution in [3.8, 4) is 0 Å². The summed E-state index contributed by atoms with van der Waals surface area (Å²) in [5.74, 6) is -0.770. The minimum Gasteiger partial charge on any atom is -0.352 e. The molecule has 0 saturated carbocycles. The van der Waals surface area contributed by atoms with Crippen molar-refractivity contribution in [3.05, 3.63) is 100 Å². The maximum absolute atomic E-state index is 14.0. The molecule has 0 aromatic heterocycles. The zero-order valence-electron chi connectivity index (χ0n) is 22.1. The molecule has 0 aliphatic heterocycles. The topological polar surface area (TPSA) is 86.8 Å². The Morgan fingerprint density at radius 3 is 2.16 bits per heavy atom. The molecule has 0 aliphatic rings. The van der Waals surface area contributed by atoms with E-state index in [4.69, 9.17) is 0 Å². The highest BCUT2D eigenvalue weighted by Gasteiger charge is 2.33. The number of benzene rings is 3. The first-order valence-corrected chi connectivity index (χ1v) is 15.0. The number of nitrogens with zero attached hydrogens (tertiary/aromatic N) is 2. The molecule has 0 unspecified atom stereocenters. The molecule has 0 bridgehead atoms. The normalized spacial score (nSPS) is 12.2. The van der Waals surface area contributed by atoms with E-state index in [0.29, 0.717) is 10.2 Å². The summed E-state index contributed by atoms with van der Waals surface area (Å²) in [6.45, 7) is 5.41. The van der Waals surface area contributed by atoms with Gasteiger partial charge in [-0.15, -0.1) is 0 Å². The molecule has 1 atom stereocenters. The van der Waals surface area contributed by atoms with E-state index in [1.165, 1.54) is 4.90 Å². The third-order valence-corrected chi connectivity index (χ3v) is 7.58. The van der Waals surface area contributed by atoms with E-state index in [2.05, 4.69) is 21.2 Å². The third kappa shape index (κ3) is 8.43. The number of aryl methyl sites for hydroxylation is 1. The molecular formula is C29H34BrN3O4S. The predicted molar refractivity (Wildman–Crippen MR) is 155 cm³/mol. The first-order chi connectivity index (χ1) is 17.9. The van der Waals surface area contributed by atoms with E-state index < -0.39 is 28.5 Å². The molecule has 9 heteroatoms. The van der Waals surface area contributed by atoms with Gasteiger partial charge in [0.2, 0.25) is 21.8 Å². The van der Waals surface area contributed by atoms with Crippen LogP contribution in [0.3, 0.4) is 0 Å². The van der Waals surface area contributed by atoms with Crippen LogP contribution in [-0.2, 0) is 32.6 Å². The molecule has 3 aromatic rings. The summed E-state index contributed by atoms with van der Waals surface area (Å²) in [5, 5.41) is 2.95. The third-order valence-electron chi connectivity index (χ3n) is 5.95. The Hall–Kier alpha value is -3.17. The Morgan fingerprint density at radius 1 is 0.921 bits per heavy atom. The number of carbonyl (C=O) groups excluding carboxylic acids is 2. The Bertz CT molecular complexity index is 1350. The zero-order valence-corrected chi connectivity index (χ0v) is 24.5.